The van der Waals surface area contributed by atoms with E-state index in [0.29, 0.717) is 0 Å². The molecule has 0 aromatic heterocycles. The largest absolute Gasteiger partial charge is 0.386 e. The molecule has 1 aliphatic heterocycles. The Kier molecular flexibility index (Phi) is 5.56. The van der Waals surface area contributed by atoms with Crippen LogP contribution in [0.25, 0.3) is 21.9 Å². The van der Waals surface area contributed by atoms with E-state index in [1.807, 2.05) is 26.0 Å². The Morgan fingerprint density at radius 1 is 0.703 bits per heavy atom. The second kappa shape index (κ2) is 8.58. The lowest BCUT2D eigenvalue weighted by atomic mass is 9.72. The fourth-order valence-electron chi connectivity index (χ4n) is 5.74. The Labute approximate surface area is 227 Å². The average molecular weight is 549 g/mol. The van der Waals surface area contributed by atoms with Gasteiger partial charge >= 0.3 is 0 Å². The third-order valence-electron chi connectivity index (χ3n) is 7.67. The summed E-state index contributed by atoms with van der Waals surface area (Å²) in [6.45, 7) is 8.31. The molecule has 0 bridgehead atoms. The first-order valence-corrected chi connectivity index (χ1v) is 13.5. The summed E-state index contributed by atoms with van der Waals surface area (Å²) in [6.07, 6.45) is 0. The molecule has 1 N–H and O–H groups in total. The van der Waals surface area contributed by atoms with Gasteiger partial charge in [-0.3, -0.25) is 0 Å². The molecule has 0 aliphatic carbocycles. The van der Waals surface area contributed by atoms with E-state index >= 15 is 0 Å². The van der Waals surface area contributed by atoms with E-state index in [2.05, 4.69) is 126 Å². The first-order valence-electron chi connectivity index (χ1n) is 12.7. The summed E-state index contributed by atoms with van der Waals surface area (Å²) in [4.78, 5) is 2.39. The van der Waals surface area contributed by atoms with Gasteiger partial charge in [0, 0.05) is 15.6 Å². The van der Waals surface area contributed by atoms with Crippen molar-refractivity contribution in [3.8, 4) is 11.1 Å². The molecule has 0 unspecified atom stereocenters. The number of halogens is 1. The predicted octanol–water partition coefficient (Wildman–Crippen LogP) is 9.61. The minimum Gasteiger partial charge on any atom is -0.386 e. The van der Waals surface area contributed by atoms with Gasteiger partial charge in [0.2, 0.25) is 0 Å². The molecule has 0 saturated heterocycles. The molecule has 2 nitrogen and oxygen atoms in total. The third-order valence-corrected chi connectivity index (χ3v) is 8.17. The molecule has 0 atom stereocenters. The summed E-state index contributed by atoms with van der Waals surface area (Å²) in [5.41, 5.74) is 8.01. The number of fused-ring (bicyclic) bond motifs is 3. The van der Waals surface area contributed by atoms with Crippen LogP contribution >= 0.6 is 15.9 Å². The number of aliphatic hydroxyl groups is 1. The first-order chi connectivity index (χ1) is 17.6. The third kappa shape index (κ3) is 3.98. The summed E-state index contributed by atoms with van der Waals surface area (Å²) in [5.74, 6) is 0. The Balaban J connectivity index is 1.59. The van der Waals surface area contributed by atoms with Crippen molar-refractivity contribution in [3.63, 3.8) is 0 Å². The molecule has 5 aromatic carbocycles. The number of hydrogen-bond donors (Lipinski definition) is 1. The lowest BCUT2D eigenvalue weighted by Crippen LogP contribution is -2.30. The molecular formula is C34H30BrNO. The zero-order valence-electron chi connectivity index (χ0n) is 21.6. The van der Waals surface area contributed by atoms with E-state index in [9.17, 15) is 5.11 Å². The van der Waals surface area contributed by atoms with Crippen molar-refractivity contribution >= 4 is 43.8 Å². The maximum Gasteiger partial charge on any atom is 0.0846 e. The van der Waals surface area contributed by atoms with Gasteiger partial charge in [-0.2, -0.15) is 0 Å². The lowest BCUT2D eigenvalue weighted by Gasteiger charge is -2.42. The van der Waals surface area contributed by atoms with Crippen LogP contribution in [0, 0.1) is 0 Å². The van der Waals surface area contributed by atoms with E-state index in [-0.39, 0.29) is 5.41 Å². The Hall–Kier alpha value is -3.40. The molecule has 3 heteroatoms. The number of anilines is 3. The summed E-state index contributed by atoms with van der Waals surface area (Å²) >= 11 is 3.59. The average Bonchev–Trinajstić information content (AvgIpc) is 2.88. The lowest BCUT2D eigenvalue weighted by molar-refractivity contribution is 0.0791. The maximum atomic E-state index is 11.0. The van der Waals surface area contributed by atoms with E-state index < -0.39 is 5.60 Å². The van der Waals surface area contributed by atoms with Crippen molar-refractivity contribution < 1.29 is 5.11 Å². The van der Waals surface area contributed by atoms with Crippen LogP contribution < -0.4 is 4.90 Å². The van der Waals surface area contributed by atoms with E-state index in [4.69, 9.17) is 0 Å². The van der Waals surface area contributed by atoms with E-state index in [1.54, 1.807) is 0 Å². The minimum atomic E-state index is -0.964. The molecule has 184 valence electrons. The van der Waals surface area contributed by atoms with Gasteiger partial charge in [0.05, 0.1) is 17.0 Å². The van der Waals surface area contributed by atoms with Crippen LogP contribution in [0.2, 0.25) is 0 Å². The molecule has 1 heterocycles. The smallest absolute Gasteiger partial charge is 0.0846 e. The Bertz CT molecular complexity index is 1660. The number of hydrogen-bond acceptors (Lipinski definition) is 2. The number of nitrogens with zero attached hydrogens (tertiary/aromatic N) is 1. The standard InChI is InChI=1S/C34H30BrNO/c1-33(2)28-11-7-8-12-31(28)36(26-16-13-22-9-5-6-10-23(22)19-26)32-18-14-24(20-30(32)33)27-17-15-25(35)21-29(27)34(3,4)37/h5-21,37H,1-4H3. The van der Waals surface area contributed by atoms with E-state index in [1.165, 1.54) is 33.3 Å². The fraction of sp³-hybridized carbons (Fsp3) is 0.176. The first kappa shape index (κ1) is 24.0. The Morgan fingerprint density at radius 3 is 2.19 bits per heavy atom. The van der Waals surface area contributed by atoms with Gasteiger partial charge < -0.3 is 10.0 Å². The van der Waals surface area contributed by atoms with Gasteiger partial charge in [0.1, 0.15) is 0 Å². The number of rotatable bonds is 3. The van der Waals surface area contributed by atoms with Crippen molar-refractivity contribution in [2.45, 2.75) is 38.7 Å². The van der Waals surface area contributed by atoms with Gasteiger partial charge in [-0.15, -0.1) is 0 Å². The molecular weight excluding hydrogens is 518 g/mol. The topological polar surface area (TPSA) is 23.5 Å². The van der Waals surface area contributed by atoms with Crippen LogP contribution in [0.1, 0.15) is 44.4 Å². The highest BCUT2D eigenvalue weighted by atomic mass is 79.9. The zero-order valence-corrected chi connectivity index (χ0v) is 23.2. The summed E-state index contributed by atoms with van der Waals surface area (Å²) in [6, 6.07) is 36.9. The van der Waals surface area contributed by atoms with Gasteiger partial charge in [-0.1, -0.05) is 90.4 Å². The van der Waals surface area contributed by atoms with Crippen LogP contribution in [0.4, 0.5) is 17.1 Å². The molecule has 1 aliphatic rings. The van der Waals surface area contributed by atoms with Crippen LogP contribution in [0.15, 0.2) is 108 Å². The molecule has 0 amide bonds. The molecule has 6 rings (SSSR count). The molecule has 37 heavy (non-hydrogen) atoms. The molecule has 0 saturated carbocycles. The fourth-order valence-corrected chi connectivity index (χ4v) is 6.10. The van der Waals surface area contributed by atoms with Gasteiger partial charge in [0.25, 0.3) is 0 Å². The highest BCUT2D eigenvalue weighted by Crippen LogP contribution is 2.53. The van der Waals surface area contributed by atoms with Crippen molar-refractivity contribution in [2.24, 2.45) is 0 Å². The molecule has 0 radical (unpaired) electrons. The monoisotopic (exact) mass is 547 g/mol. The highest BCUT2D eigenvalue weighted by molar-refractivity contribution is 9.10. The SMILES string of the molecule is CC(C)(O)c1cc(Br)ccc1-c1ccc2c(c1)C(C)(C)c1ccccc1N2c1ccc2ccccc2c1. The summed E-state index contributed by atoms with van der Waals surface area (Å²) in [5, 5.41) is 13.4. The molecule has 5 aromatic rings. The number of para-hydroxylation sites is 1. The van der Waals surface area contributed by atoms with E-state index in [0.717, 1.165) is 26.9 Å². The van der Waals surface area contributed by atoms with Crippen molar-refractivity contribution in [1.82, 2.24) is 0 Å². The predicted molar refractivity (Wildman–Crippen MR) is 159 cm³/mol. The van der Waals surface area contributed by atoms with Crippen LogP contribution in [-0.4, -0.2) is 5.11 Å². The van der Waals surface area contributed by atoms with Gasteiger partial charge in [-0.25, -0.2) is 0 Å². The zero-order chi connectivity index (χ0) is 25.9. The summed E-state index contributed by atoms with van der Waals surface area (Å²) in [7, 11) is 0. The van der Waals surface area contributed by atoms with Crippen molar-refractivity contribution in [2.75, 3.05) is 4.90 Å². The molecule has 0 spiro atoms. The number of benzene rings is 5. The van der Waals surface area contributed by atoms with Crippen LogP contribution in [-0.2, 0) is 11.0 Å². The normalized spacial score (nSPS) is 14.4. The highest BCUT2D eigenvalue weighted by Gasteiger charge is 2.37. The van der Waals surface area contributed by atoms with Crippen LogP contribution in [0.5, 0.6) is 0 Å². The van der Waals surface area contributed by atoms with Crippen LogP contribution in [0.3, 0.4) is 0 Å². The second-order valence-electron chi connectivity index (χ2n) is 11.0. The second-order valence-corrected chi connectivity index (χ2v) is 11.9. The Morgan fingerprint density at radius 2 is 1.41 bits per heavy atom. The molecule has 0 fully saturated rings. The minimum absolute atomic E-state index is 0.195. The van der Waals surface area contributed by atoms with Gasteiger partial charge in [-0.05, 0) is 94.9 Å². The van der Waals surface area contributed by atoms with Crippen molar-refractivity contribution in [3.05, 3.63) is 124 Å². The maximum absolute atomic E-state index is 11.0. The van der Waals surface area contributed by atoms with Gasteiger partial charge in [0.15, 0.2) is 0 Å². The van der Waals surface area contributed by atoms with Crippen molar-refractivity contribution in [1.29, 1.82) is 0 Å². The summed E-state index contributed by atoms with van der Waals surface area (Å²) < 4.78 is 0.961. The quantitative estimate of drug-likeness (QED) is 0.243.